The molecule has 0 aromatic rings. The first-order valence-corrected chi connectivity index (χ1v) is 5.65. The summed E-state index contributed by atoms with van der Waals surface area (Å²) >= 11 is 0. The minimum absolute atomic E-state index is 0.635. The number of ether oxygens (including phenoxy) is 2. The summed E-state index contributed by atoms with van der Waals surface area (Å²) in [5, 5.41) is 0. The van der Waals surface area contributed by atoms with Crippen molar-refractivity contribution in [3.05, 3.63) is 0 Å². The van der Waals surface area contributed by atoms with Gasteiger partial charge in [-0.2, -0.15) is 0 Å². The van der Waals surface area contributed by atoms with Crippen molar-refractivity contribution in [2.75, 3.05) is 0 Å². The Morgan fingerprint density at radius 3 is 1.44 bits per heavy atom. The quantitative estimate of drug-likeness (QED) is 0.493. The summed E-state index contributed by atoms with van der Waals surface area (Å²) in [6.07, 6.45) is -1.68. The van der Waals surface area contributed by atoms with Crippen LogP contribution in [0.25, 0.3) is 0 Å². The molecule has 0 radical (unpaired) electrons. The molecular formula is C13H21NO4. The molecule has 0 aromatic heterocycles. The zero-order valence-electron chi connectivity index (χ0n) is 12.1. The van der Waals surface area contributed by atoms with Crippen LogP contribution in [0, 0.1) is 12.0 Å². The molecule has 0 unspecified atom stereocenters. The molecule has 0 N–H and O–H groups in total. The van der Waals surface area contributed by atoms with Crippen LogP contribution in [0.15, 0.2) is 0 Å². The van der Waals surface area contributed by atoms with E-state index < -0.39 is 23.4 Å². The average molecular weight is 255 g/mol. The molecule has 0 atom stereocenters. The summed E-state index contributed by atoms with van der Waals surface area (Å²) in [5.41, 5.74) is -1.40. The molecule has 2 amide bonds. The molecule has 0 aliphatic carbocycles. The first-order chi connectivity index (χ1) is 7.96. The largest absolute Gasteiger partial charge is 0.443 e. The molecule has 0 spiro atoms. The van der Waals surface area contributed by atoms with Crippen molar-refractivity contribution in [1.82, 2.24) is 4.90 Å². The third kappa shape index (κ3) is 6.79. The lowest BCUT2D eigenvalue weighted by Gasteiger charge is -2.25. The second kappa shape index (κ2) is 5.76. The summed E-state index contributed by atoms with van der Waals surface area (Å²) < 4.78 is 10.1. The molecule has 18 heavy (non-hydrogen) atoms. The fraction of sp³-hybridized carbons (Fsp3) is 0.692. The summed E-state index contributed by atoms with van der Waals surface area (Å²) in [6, 6.07) is 2.36. The highest BCUT2D eigenvalue weighted by Gasteiger charge is 2.30. The van der Waals surface area contributed by atoms with E-state index in [0.29, 0.717) is 4.90 Å². The van der Waals surface area contributed by atoms with Crippen molar-refractivity contribution in [2.24, 2.45) is 0 Å². The van der Waals surface area contributed by atoms with Gasteiger partial charge in [-0.15, -0.1) is 4.90 Å². The number of imide groups is 1. The fourth-order valence-corrected chi connectivity index (χ4v) is 0.893. The van der Waals surface area contributed by atoms with E-state index in [0.717, 1.165) is 0 Å². The highest BCUT2D eigenvalue weighted by molar-refractivity contribution is 5.90. The van der Waals surface area contributed by atoms with Gasteiger partial charge in [0.25, 0.3) is 0 Å². The predicted molar refractivity (Wildman–Crippen MR) is 67.8 cm³/mol. The van der Waals surface area contributed by atoms with Gasteiger partial charge in [-0.3, -0.25) is 0 Å². The van der Waals surface area contributed by atoms with Crippen LogP contribution in [-0.2, 0) is 9.47 Å². The fourth-order valence-electron chi connectivity index (χ4n) is 0.893. The third-order valence-electron chi connectivity index (χ3n) is 1.38. The van der Waals surface area contributed by atoms with E-state index in [1.54, 1.807) is 41.5 Å². The lowest BCUT2D eigenvalue weighted by molar-refractivity contribution is 0.0127. The van der Waals surface area contributed by atoms with Gasteiger partial charge in [-0.25, -0.2) is 9.59 Å². The van der Waals surface area contributed by atoms with Crippen LogP contribution in [0.5, 0.6) is 0 Å². The minimum atomic E-state index is -0.842. The topological polar surface area (TPSA) is 55.8 Å². The monoisotopic (exact) mass is 255 g/mol. The molecule has 0 fully saturated rings. The van der Waals surface area contributed by atoms with E-state index in [9.17, 15) is 9.59 Å². The molecule has 0 bridgehead atoms. The Bertz CT molecular complexity index is 349. The Labute approximate surface area is 108 Å². The molecule has 0 aliphatic heterocycles. The number of amides is 2. The maximum atomic E-state index is 11.8. The second-order valence-electron chi connectivity index (χ2n) is 5.66. The lowest BCUT2D eigenvalue weighted by atomic mass is 10.2. The SMILES string of the molecule is CC#CN(C(=O)OC(C)(C)C)C(=O)OC(C)(C)C. The second-order valence-corrected chi connectivity index (χ2v) is 5.66. The van der Waals surface area contributed by atoms with Gasteiger partial charge in [-0.05, 0) is 48.5 Å². The Kier molecular flexibility index (Phi) is 5.22. The standard InChI is InChI=1S/C13H21NO4/c1-8-9-14(10(15)17-12(2,3)4)11(16)18-13(5,6)7/h1-7H3. The van der Waals surface area contributed by atoms with Gasteiger partial charge in [-0.1, -0.05) is 5.92 Å². The molecule has 0 heterocycles. The highest BCUT2D eigenvalue weighted by Crippen LogP contribution is 2.13. The van der Waals surface area contributed by atoms with Crippen LogP contribution in [0.1, 0.15) is 48.5 Å². The predicted octanol–water partition coefficient (Wildman–Crippen LogP) is 3.14. The van der Waals surface area contributed by atoms with E-state index in [1.165, 1.54) is 6.92 Å². The van der Waals surface area contributed by atoms with Gasteiger partial charge >= 0.3 is 12.2 Å². The molecule has 5 heteroatoms. The number of carbonyl (C=O) groups excluding carboxylic acids is 2. The van der Waals surface area contributed by atoms with E-state index in [1.807, 2.05) is 0 Å². The number of hydrogen-bond donors (Lipinski definition) is 0. The maximum absolute atomic E-state index is 11.8. The number of rotatable bonds is 0. The zero-order chi connectivity index (χ0) is 14.6. The lowest BCUT2D eigenvalue weighted by Crippen LogP contribution is -2.40. The van der Waals surface area contributed by atoms with Crippen LogP contribution in [0.3, 0.4) is 0 Å². The van der Waals surface area contributed by atoms with Crippen molar-refractivity contribution >= 4 is 12.2 Å². The van der Waals surface area contributed by atoms with Crippen LogP contribution in [-0.4, -0.2) is 28.3 Å². The number of carbonyl (C=O) groups is 2. The van der Waals surface area contributed by atoms with Crippen molar-refractivity contribution in [3.63, 3.8) is 0 Å². The van der Waals surface area contributed by atoms with E-state index in [4.69, 9.17) is 9.47 Å². The van der Waals surface area contributed by atoms with Crippen molar-refractivity contribution in [2.45, 2.75) is 59.7 Å². The molecule has 0 rings (SSSR count). The molecule has 5 nitrogen and oxygen atoms in total. The van der Waals surface area contributed by atoms with Crippen molar-refractivity contribution in [3.8, 4) is 12.0 Å². The summed E-state index contributed by atoms with van der Waals surface area (Å²) in [5.74, 6) is 2.48. The average Bonchev–Trinajstić information content (AvgIpc) is 2.07. The molecule has 0 aromatic carbocycles. The summed E-state index contributed by atoms with van der Waals surface area (Å²) in [6.45, 7) is 11.8. The Hall–Kier alpha value is -1.70. The van der Waals surface area contributed by atoms with Crippen LogP contribution in [0.2, 0.25) is 0 Å². The zero-order valence-corrected chi connectivity index (χ0v) is 12.1. The van der Waals surface area contributed by atoms with Crippen LogP contribution in [0.4, 0.5) is 9.59 Å². The van der Waals surface area contributed by atoms with E-state index in [2.05, 4.69) is 12.0 Å². The Morgan fingerprint density at radius 1 is 0.889 bits per heavy atom. The smallest absolute Gasteiger partial charge is 0.432 e. The third-order valence-corrected chi connectivity index (χ3v) is 1.38. The summed E-state index contributed by atoms with van der Waals surface area (Å²) in [7, 11) is 0. The van der Waals surface area contributed by atoms with Crippen LogP contribution < -0.4 is 0 Å². The molecule has 0 saturated carbocycles. The molecule has 0 saturated heterocycles. The van der Waals surface area contributed by atoms with Crippen LogP contribution >= 0.6 is 0 Å². The Balaban J connectivity index is 4.91. The van der Waals surface area contributed by atoms with Gasteiger partial charge in [0.05, 0.1) is 0 Å². The minimum Gasteiger partial charge on any atom is -0.443 e. The maximum Gasteiger partial charge on any atom is 0.432 e. The number of hydrogen-bond acceptors (Lipinski definition) is 4. The molecule has 102 valence electrons. The normalized spacial score (nSPS) is 11.1. The van der Waals surface area contributed by atoms with Gasteiger partial charge in [0, 0.05) is 6.04 Å². The van der Waals surface area contributed by atoms with E-state index >= 15 is 0 Å². The van der Waals surface area contributed by atoms with Gasteiger partial charge < -0.3 is 9.47 Å². The van der Waals surface area contributed by atoms with E-state index in [-0.39, 0.29) is 0 Å². The van der Waals surface area contributed by atoms with Crippen molar-refractivity contribution in [1.29, 1.82) is 0 Å². The van der Waals surface area contributed by atoms with Gasteiger partial charge in [0.1, 0.15) is 11.2 Å². The van der Waals surface area contributed by atoms with Gasteiger partial charge in [0.2, 0.25) is 0 Å². The summed E-state index contributed by atoms with van der Waals surface area (Å²) in [4.78, 5) is 24.2. The molecular weight excluding hydrogens is 234 g/mol. The Morgan fingerprint density at radius 2 is 1.22 bits per heavy atom. The number of nitrogens with zero attached hydrogens (tertiary/aromatic N) is 1. The first-order valence-electron chi connectivity index (χ1n) is 5.65. The molecule has 0 aliphatic rings. The highest BCUT2D eigenvalue weighted by atomic mass is 16.6. The first kappa shape index (κ1) is 16.3. The van der Waals surface area contributed by atoms with Crippen molar-refractivity contribution < 1.29 is 19.1 Å². The van der Waals surface area contributed by atoms with Gasteiger partial charge in [0.15, 0.2) is 0 Å².